The summed E-state index contributed by atoms with van der Waals surface area (Å²) in [6.07, 6.45) is 5.55. The van der Waals surface area contributed by atoms with E-state index in [1.807, 2.05) is 18.2 Å². The molecule has 0 heterocycles. The van der Waals surface area contributed by atoms with Crippen LogP contribution in [0.5, 0.6) is 11.5 Å². The van der Waals surface area contributed by atoms with Crippen LogP contribution in [0.15, 0.2) is 18.2 Å². The number of ether oxygens (including phenoxy) is 3. The van der Waals surface area contributed by atoms with Gasteiger partial charge in [-0.05, 0) is 19.0 Å². The molecule has 0 aliphatic carbocycles. The largest absolute Gasteiger partial charge is 0.493 e. The van der Waals surface area contributed by atoms with Crippen LogP contribution in [-0.2, 0) is 11.3 Å². The first kappa shape index (κ1) is 19.3. The maximum atomic E-state index is 10.1. The summed E-state index contributed by atoms with van der Waals surface area (Å²) in [5.41, 5.74) is 1.03. The van der Waals surface area contributed by atoms with Crippen molar-refractivity contribution in [3.63, 3.8) is 0 Å². The molecule has 0 aliphatic heterocycles. The van der Waals surface area contributed by atoms with E-state index in [4.69, 9.17) is 20.6 Å². The van der Waals surface area contributed by atoms with Crippen LogP contribution in [0, 0.1) is 12.3 Å². The van der Waals surface area contributed by atoms with E-state index in [-0.39, 0.29) is 13.2 Å². The SMILES string of the molecule is C#CCOCC(O)CN(CCC)Cc1cccc(OC)c1OC. The number of rotatable bonds is 11. The van der Waals surface area contributed by atoms with Crippen LogP contribution in [-0.4, -0.2) is 56.6 Å². The molecule has 128 valence electrons. The molecule has 0 radical (unpaired) electrons. The average molecular weight is 321 g/mol. The van der Waals surface area contributed by atoms with E-state index in [9.17, 15) is 5.11 Å². The molecule has 0 aliphatic rings. The summed E-state index contributed by atoms with van der Waals surface area (Å²) in [4.78, 5) is 2.17. The minimum atomic E-state index is -0.577. The van der Waals surface area contributed by atoms with Crippen molar-refractivity contribution < 1.29 is 19.3 Å². The van der Waals surface area contributed by atoms with Crippen molar-refractivity contribution in [2.45, 2.75) is 26.0 Å². The highest BCUT2D eigenvalue weighted by atomic mass is 16.5. The zero-order valence-electron chi connectivity index (χ0n) is 14.2. The molecule has 0 saturated heterocycles. The molecule has 0 saturated carbocycles. The number of aliphatic hydroxyl groups is 1. The minimum Gasteiger partial charge on any atom is -0.493 e. The van der Waals surface area contributed by atoms with Crippen molar-refractivity contribution in [3.8, 4) is 23.8 Å². The molecule has 1 N–H and O–H groups in total. The maximum Gasteiger partial charge on any atom is 0.165 e. The van der Waals surface area contributed by atoms with Crippen LogP contribution in [0.2, 0.25) is 0 Å². The maximum absolute atomic E-state index is 10.1. The van der Waals surface area contributed by atoms with E-state index in [1.54, 1.807) is 14.2 Å². The van der Waals surface area contributed by atoms with Crippen LogP contribution in [0.25, 0.3) is 0 Å². The smallest absolute Gasteiger partial charge is 0.165 e. The highest BCUT2D eigenvalue weighted by molar-refractivity contribution is 5.46. The first-order valence-electron chi connectivity index (χ1n) is 7.77. The van der Waals surface area contributed by atoms with Gasteiger partial charge in [-0.2, -0.15) is 0 Å². The monoisotopic (exact) mass is 321 g/mol. The summed E-state index contributed by atoms with van der Waals surface area (Å²) < 4.78 is 16.0. The van der Waals surface area contributed by atoms with Gasteiger partial charge in [0.1, 0.15) is 6.61 Å². The van der Waals surface area contributed by atoms with Gasteiger partial charge < -0.3 is 19.3 Å². The molecular weight excluding hydrogens is 294 g/mol. The number of nitrogens with zero attached hydrogens (tertiary/aromatic N) is 1. The predicted molar refractivity (Wildman–Crippen MR) is 90.8 cm³/mol. The molecule has 1 rings (SSSR count). The van der Waals surface area contributed by atoms with E-state index >= 15 is 0 Å². The third kappa shape index (κ3) is 6.49. The Morgan fingerprint density at radius 1 is 1.30 bits per heavy atom. The van der Waals surface area contributed by atoms with Gasteiger partial charge in [0.15, 0.2) is 11.5 Å². The molecule has 5 heteroatoms. The number of hydrogen-bond donors (Lipinski definition) is 1. The Balaban J connectivity index is 2.74. The van der Waals surface area contributed by atoms with Crippen LogP contribution in [0.4, 0.5) is 0 Å². The Labute approximate surface area is 139 Å². The van der Waals surface area contributed by atoms with Gasteiger partial charge in [-0.15, -0.1) is 6.42 Å². The second-order valence-corrected chi connectivity index (χ2v) is 5.26. The van der Waals surface area contributed by atoms with Crippen LogP contribution >= 0.6 is 0 Å². The van der Waals surface area contributed by atoms with Gasteiger partial charge in [-0.3, -0.25) is 4.90 Å². The number of terminal acetylenes is 1. The molecule has 0 fully saturated rings. The van der Waals surface area contributed by atoms with E-state index in [1.165, 1.54) is 0 Å². The van der Waals surface area contributed by atoms with Crippen molar-refractivity contribution >= 4 is 0 Å². The second-order valence-electron chi connectivity index (χ2n) is 5.26. The first-order valence-corrected chi connectivity index (χ1v) is 7.77. The van der Waals surface area contributed by atoms with Crippen molar-refractivity contribution in [2.75, 3.05) is 40.5 Å². The van der Waals surface area contributed by atoms with Crippen LogP contribution in [0.1, 0.15) is 18.9 Å². The average Bonchev–Trinajstić information content (AvgIpc) is 2.55. The van der Waals surface area contributed by atoms with Crippen LogP contribution < -0.4 is 9.47 Å². The van der Waals surface area contributed by atoms with Gasteiger partial charge >= 0.3 is 0 Å². The van der Waals surface area contributed by atoms with Crippen molar-refractivity contribution in [1.29, 1.82) is 0 Å². The lowest BCUT2D eigenvalue weighted by molar-refractivity contribution is 0.0259. The minimum absolute atomic E-state index is 0.217. The number of hydrogen-bond acceptors (Lipinski definition) is 5. The molecule has 0 bridgehead atoms. The number of para-hydroxylation sites is 1. The zero-order chi connectivity index (χ0) is 17.1. The summed E-state index contributed by atoms with van der Waals surface area (Å²) in [6, 6.07) is 5.81. The summed E-state index contributed by atoms with van der Waals surface area (Å²) in [7, 11) is 3.26. The highest BCUT2D eigenvalue weighted by Gasteiger charge is 2.16. The molecule has 0 amide bonds. The molecular formula is C18H27NO4. The molecule has 1 aromatic carbocycles. The fourth-order valence-electron chi connectivity index (χ4n) is 2.47. The van der Waals surface area contributed by atoms with E-state index in [2.05, 4.69) is 17.7 Å². The lowest BCUT2D eigenvalue weighted by Crippen LogP contribution is -2.35. The molecule has 0 aromatic heterocycles. The van der Waals surface area contributed by atoms with Crippen molar-refractivity contribution in [2.24, 2.45) is 0 Å². The fraction of sp³-hybridized carbons (Fsp3) is 0.556. The molecule has 5 nitrogen and oxygen atoms in total. The van der Waals surface area contributed by atoms with Crippen LogP contribution in [0.3, 0.4) is 0 Å². The number of methoxy groups -OCH3 is 2. The molecule has 23 heavy (non-hydrogen) atoms. The van der Waals surface area contributed by atoms with Gasteiger partial charge in [0, 0.05) is 18.7 Å². The standard InChI is InChI=1S/C18H27NO4/c1-5-10-19(13-16(20)14-23-11-6-2)12-15-8-7-9-17(21-3)18(15)22-4/h2,7-9,16,20H,5,10-14H2,1,3-4H3. The van der Waals surface area contributed by atoms with Gasteiger partial charge in [0.05, 0.1) is 26.9 Å². The van der Waals surface area contributed by atoms with E-state index in [0.717, 1.165) is 24.3 Å². The predicted octanol–water partition coefficient (Wildman–Crippen LogP) is 1.93. The Hall–Kier alpha value is -1.74. The van der Waals surface area contributed by atoms with E-state index in [0.29, 0.717) is 18.8 Å². The fourth-order valence-corrected chi connectivity index (χ4v) is 2.47. The Morgan fingerprint density at radius 2 is 2.09 bits per heavy atom. The lowest BCUT2D eigenvalue weighted by Gasteiger charge is -2.25. The normalized spacial score (nSPS) is 12.0. The third-order valence-corrected chi connectivity index (χ3v) is 3.38. The topological polar surface area (TPSA) is 51.2 Å². The Bertz CT molecular complexity index is 498. The zero-order valence-corrected chi connectivity index (χ0v) is 14.2. The molecule has 1 atom stereocenters. The molecule has 1 aromatic rings. The highest BCUT2D eigenvalue weighted by Crippen LogP contribution is 2.31. The van der Waals surface area contributed by atoms with Gasteiger partial charge in [-0.25, -0.2) is 0 Å². The van der Waals surface area contributed by atoms with Gasteiger partial charge in [0.25, 0.3) is 0 Å². The quantitative estimate of drug-likeness (QED) is 0.498. The summed E-state index contributed by atoms with van der Waals surface area (Å²) in [5, 5.41) is 10.1. The summed E-state index contributed by atoms with van der Waals surface area (Å²) in [5.74, 6) is 3.83. The molecule has 1 unspecified atom stereocenters. The number of aliphatic hydroxyl groups excluding tert-OH is 1. The third-order valence-electron chi connectivity index (χ3n) is 3.38. The van der Waals surface area contributed by atoms with Crippen molar-refractivity contribution in [1.82, 2.24) is 4.90 Å². The lowest BCUT2D eigenvalue weighted by atomic mass is 10.1. The first-order chi connectivity index (χ1) is 11.2. The second kappa shape index (κ2) is 10.9. The van der Waals surface area contributed by atoms with Gasteiger partial charge in [-0.1, -0.05) is 25.0 Å². The Morgan fingerprint density at radius 3 is 2.70 bits per heavy atom. The summed E-state index contributed by atoms with van der Waals surface area (Å²) >= 11 is 0. The van der Waals surface area contributed by atoms with Crippen molar-refractivity contribution in [3.05, 3.63) is 23.8 Å². The molecule has 0 spiro atoms. The Kier molecular flexibility index (Phi) is 9.15. The van der Waals surface area contributed by atoms with Gasteiger partial charge in [0.2, 0.25) is 0 Å². The summed E-state index contributed by atoms with van der Waals surface area (Å²) in [6.45, 7) is 4.61. The van der Waals surface area contributed by atoms with E-state index < -0.39 is 6.10 Å². The number of benzene rings is 1.